The molecule has 6 nitrogen and oxygen atoms in total. The van der Waals surface area contributed by atoms with Crippen molar-refractivity contribution in [1.29, 1.82) is 0 Å². The van der Waals surface area contributed by atoms with Gasteiger partial charge in [0.05, 0.1) is 5.71 Å². The van der Waals surface area contributed by atoms with Gasteiger partial charge in [0.1, 0.15) is 0 Å². The van der Waals surface area contributed by atoms with Crippen molar-refractivity contribution >= 4 is 35.5 Å². The van der Waals surface area contributed by atoms with Crippen LogP contribution in [0.2, 0.25) is 0 Å². The zero-order valence-electron chi connectivity index (χ0n) is 17.5. The summed E-state index contributed by atoms with van der Waals surface area (Å²) in [5, 5.41) is 2.75. The van der Waals surface area contributed by atoms with Gasteiger partial charge in [-0.2, -0.15) is 13.2 Å². The molecule has 1 unspecified atom stereocenters. The van der Waals surface area contributed by atoms with E-state index in [1.165, 1.54) is 29.2 Å². The third-order valence-corrected chi connectivity index (χ3v) is 5.76. The number of hydrogen-bond acceptors (Lipinski definition) is 5. The van der Waals surface area contributed by atoms with Crippen LogP contribution in [0.4, 0.5) is 13.2 Å². The van der Waals surface area contributed by atoms with E-state index in [-0.39, 0.29) is 34.0 Å². The van der Waals surface area contributed by atoms with Gasteiger partial charge in [0, 0.05) is 47.0 Å². The lowest BCUT2D eigenvalue weighted by Gasteiger charge is -2.27. The molecule has 2 aliphatic heterocycles. The monoisotopic (exact) mass is 472 g/mol. The van der Waals surface area contributed by atoms with Crippen molar-refractivity contribution in [3.63, 3.8) is 0 Å². The van der Waals surface area contributed by atoms with Crippen molar-refractivity contribution in [2.75, 3.05) is 6.54 Å². The predicted octanol–water partition coefficient (Wildman–Crippen LogP) is 4.58. The third-order valence-electron chi connectivity index (χ3n) is 5.02. The minimum absolute atomic E-state index is 0.0172. The molecule has 1 atom stereocenters. The number of carbonyl (C=O) groups excluding carboxylic acids is 2. The van der Waals surface area contributed by atoms with Gasteiger partial charge in [-0.1, -0.05) is 17.7 Å². The van der Waals surface area contributed by atoms with E-state index in [9.17, 15) is 22.8 Å². The minimum atomic E-state index is -4.38. The van der Waals surface area contributed by atoms with E-state index >= 15 is 0 Å². The van der Waals surface area contributed by atoms with E-state index in [0.717, 1.165) is 11.3 Å². The third kappa shape index (κ3) is 5.70. The summed E-state index contributed by atoms with van der Waals surface area (Å²) in [5.74, 6) is -0.609. The quantitative estimate of drug-likeness (QED) is 0.663. The molecule has 2 aliphatic rings. The van der Waals surface area contributed by atoms with Crippen molar-refractivity contribution in [2.24, 2.45) is 9.98 Å². The van der Waals surface area contributed by atoms with Crippen molar-refractivity contribution < 1.29 is 22.8 Å². The number of allylic oxidation sites excluding steroid dienone is 1. The van der Waals surface area contributed by atoms with E-state index in [1.807, 2.05) is 19.1 Å². The fourth-order valence-electron chi connectivity index (χ4n) is 3.36. The number of hydrogen-bond donors (Lipinski definition) is 1. The van der Waals surface area contributed by atoms with Crippen molar-refractivity contribution in [1.82, 2.24) is 10.2 Å². The Kier molecular flexibility index (Phi) is 6.37. The number of nitrogens with one attached hydrogen (secondary N) is 1. The Labute approximate surface area is 192 Å². The summed E-state index contributed by atoms with van der Waals surface area (Å²) < 4.78 is 37.4. The molecule has 2 aromatic carbocycles. The minimum Gasteiger partial charge on any atom is -0.314 e. The molecule has 1 N–H and O–H groups in total. The molecule has 33 heavy (non-hydrogen) atoms. The fourth-order valence-corrected chi connectivity index (χ4v) is 3.90. The van der Waals surface area contributed by atoms with Gasteiger partial charge in [-0.15, -0.1) is 0 Å². The first-order valence-electron chi connectivity index (χ1n) is 10.0. The van der Waals surface area contributed by atoms with E-state index in [1.54, 1.807) is 24.5 Å². The molecule has 0 radical (unpaired) electrons. The summed E-state index contributed by atoms with van der Waals surface area (Å²) in [4.78, 5) is 35.4. The van der Waals surface area contributed by atoms with Crippen LogP contribution in [0.1, 0.15) is 32.7 Å². The number of fused-ring (bicyclic) bond motifs is 1. The van der Waals surface area contributed by atoms with Crippen LogP contribution in [0, 0.1) is 6.92 Å². The Bertz CT molecular complexity index is 1160. The van der Waals surface area contributed by atoms with Gasteiger partial charge in [0.2, 0.25) is 6.29 Å². The molecule has 4 rings (SSSR count). The van der Waals surface area contributed by atoms with E-state index < -0.39 is 11.8 Å². The van der Waals surface area contributed by atoms with Crippen LogP contribution in [-0.2, 0) is 0 Å². The molecular formula is C23H19F3N4O2S. The number of halogens is 3. The molecule has 0 spiro atoms. The van der Waals surface area contributed by atoms with Crippen molar-refractivity contribution in [2.45, 2.75) is 30.0 Å². The summed E-state index contributed by atoms with van der Waals surface area (Å²) in [6.45, 7) is 2.29. The van der Waals surface area contributed by atoms with Gasteiger partial charge in [-0.25, -0.2) is 9.98 Å². The van der Waals surface area contributed by atoms with Gasteiger partial charge in [-0.05, 0) is 55.1 Å². The average molecular weight is 472 g/mol. The first-order chi connectivity index (χ1) is 15.7. The molecule has 10 heteroatoms. The lowest BCUT2D eigenvalue weighted by atomic mass is 10.0. The maximum Gasteiger partial charge on any atom is 0.446 e. The summed E-state index contributed by atoms with van der Waals surface area (Å²) in [6, 6.07) is 12.5. The Hall–Kier alpha value is -3.40. The Morgan fingerprint density at radius 1 is 1.06 bits per heavy atom. The molecule has 2 aromatic rings. The topological polar surface area (TPSA) is 74.1 Å². The first-order valence-corrected chi connectivity index (χ1v) is 10.9. The molecule has 0 aliphatic carbocycles. The van der Waals surface area contributed by atoms with Crippen LogP contribution < -0.4 is 5.32 Å². The largest absolute Gasteiger partial charge is 0.446 e. The Morgan fingerprint density at radius 3 is 2.39 bits per heavy atom. The second-order valence-corrected chi connectivity index (χ2v) is 8.61. The lowest BCUT2D eigenvalue weighted by Crippen LogP contribution is -2.38. The highest BCUT2D eigenvalue weighted by atomic mass is 32.2. The first kappa shape index (κ1) is 22.8. The second-order valence-electron chi connectivity index (χ2n) is 7.47. The SMILES string of the molecule is Cc1ccc(C(=O)NC2N=CC3=CN(C(=O)c4ccc(SC(F)(F)F)cc4)CCC3=N2)cc1. The van der Waals surface area contributed by atoms with E-state index in [4.69, 9.17) is 0 Å². The maximum atomic E-state index is 12.8. The standard InChI is InChI=1S/C23H19F3N4O2S/c1-14-2-4-15(5-3-14)20(31)29-22-27-12-17-13-30(11-10-19(17)28-22)21(32)16-6-8-18(9-7-16)33-23(24,25)26/h2-9,12-13,22H,10-11H2,1H3,(H,29,31). The van der Waals surface area contributed by atoms with Crippen LogP contribution in [0.5, 0.6) is 0 Å². The summed E-state index contributed by atoms with van der Waals surface area (Å²) >= 11 is -0.225. The summed E-state index contributed by atoms with van der Waals surface area (Å²) in [7, 11) is 0. The Morgan fingerprint density at radius 2 is 1.73 bits per heavy atom. The van der Waals surface area contributed by atoms with Crippen LogP contribution >= 0.6 is 11.8 Å². The highest BCUT2D eigenvalue weighted by Gasteiger charge is 2.29. The predicted molar refractivity (Wildman–Crippen MR) is 120 cm³/mol. The number of alkyl halides is 3. The number of aliphatic imine (C=N–C) groups is 2. The molecule has 2 heterocycles. The zero-order valence-corrected chi connectivity index (χ0v) is 18.3. The smallest absolute Gasteiger partial charge is 0.314 e. The van der Waals surface area contributed by atoms with Crippen LogP contribution in [0.25, 0.3) is 0 Å². The van der Waals surface area contributed by atoms with Crippen LogP contribution in [0.15, 0.2) is 75.2 Å². The molecule has 0 aromatic heterocycles. The molecular weight excluding hydrogens is 453 g/mol. The highest BCUT2D eigenvalue weighted by molar-refractivity contribution is 8.00. The highest BCUT2D eigenvalue weighted by Crippen LogP contribution is 2.36. The normalized spacial score (nSPS) is 17.7. The number of rotatable bonds is 4. The number of amides is 2. The number of aryl methyl sites for hydroxylation is 1. The zero-order chi connectivity index (χ0) is 23.6. The van der Waals surface area contributed by atoms with Gasteiger partial charge < -0.3 is 10.2 Å². The maximum absolute atomic E-state index is 12.8. The molecule has 0 saturated carbocycles. The van der Waals surface area contributed by atoms with Gasteiger partial charge in [0.25, 0.3) is 11.8 Å². The number of nitrogens with zero attached hydrogens (tertiary/aromatic N) is 3. The molecule has 2 amide bonds. The number of thioether (sulfide) groups is 1. The number of benzene rings is 2. The molecule has 0 fully saturated rings. The second kappa shape index (κ2) is 9.22. The Balaban J connectivity index is 1.41. The van der Waals surface area contributed by atoms with Crippen molar-refractivity contribution in [3.8, 4) is 0 Å². The summed E-state index contributed by atoms with van der Waals surface area (Å²) in [6.07, 6.45) is 2.89. The van der Waals surface area contributed by atoms with Crippen LogP contribution in [0.3, 0.4) is 0 Å². The van der Waals surface area contributed by atoms with Crippen molar-refractivity contribution in [3.05, 3.63) is 77.0 Å². The summed E-state index contributed by atoms with van der Waals surface area (Å²) in [5.41, 5.74) is -1.15. The average Bonchev–Trinajstić information content (AvgIpc) is 2.78. The number of carbonyl (C=O) groups is 2. The van der Waals surface area contributed by atoms with E-state index in [2.05, 4.69) is 15.3 Å². The lowest BCUT2D eigenvalue weighted by molar-refractivity contribution is -0.0328. The fraction of sp³-hybridized carbons (Fsp3) is 0.217. The van der Waals surface area contributed by atoms with Gasteiger partial charge >= 0.3 is 5.51 Å². The van der Waals surface area contributed by atoms with Crippen LogP contribution in [-0.4, -0.2) is 47.0 Å². The molecule has 170 valence electrons. The van der Waals surface area contributed by atoms with Gasteiger partial charge in [-0.3, -0.25) is 9.59 Å². The molecule has 0 saturated heterocycles. The molecule has 0 bridgehead atoms. The van der Waals surface area contributed by atoms with Gasteiger partial charge in [0.15, 0.2) is 0 Å². The van der Waals surface area contributed by atoms with E-state index in [0.29, 0.717) is 24.1 Å².